The van der Waals surface area contributed by atoms with E-state index < -0.39 is 0 Å². The van der Waals surface area contributed by atoms with Gasteiger partial charge in [-0.05, 0) is 54.3 Å². The van der Waals surface area contributed by atoms with Gasteiger partial charge < -0.3 is 14.8 Å². The molecule has 29 heavy (non-hydrogen) atoms. The number of aryl methyl sites for hydroxylation is 2. The Balaban J connectivity index is 1.46. The van der Waals surface area contributed by atoms with E-state index in [-0.39, 0.29) is 11.8 Å². The lowest BCUT2D eigenvalue weighted by atomic mass is 10.0. The van der Waals surface area contributed by atoms with Crippen molar-refractivity contribution in [3.05, 3.63) is 65.5 Å². The van der Waals surface area contributed by atoms with Crippen LogP contribution in [0.3, 0.4) is 0 Å². The van der Waals surface area contributed by atoms with Crippen molar-refractivity contribution in [1.29, 1.82) is 0 Å². The molecule has 0 aliphatic carbocycles. The third-order valence-corrected chi connectivity index (χ3v) is 5.31. The summed E-state index contributed by atoms with van der Waals surface area (Å²) in [6, 6.07) is 10.3. The molecule has 1 aliphatic heterocycles. The molecule has 2 amide bonds. The number of benzene rings is 1. The molecular weight excluding hydrogens is 364 g/mol. The van der Waals surface area contributed by atoms with Gasteiger partial charge in [0.1, 0.15) is 5.82 Å². The van der Waals surface area contributed by atoms with E-state index >= 15 is 0 Å². The van der Waals surface area contributed by atoms with E-state index in [4.69, 9.17) is 0 Å². The number of likely N-dealkylation sites (N-methyl/N-ethyl adjacent to an activating group) is 1. The minimum absolute atomic E-state index is 0.00519. The van der Waals surface area contributed by atoms with Gasteiger partial charge in [0.15, 0.2) is 0 Å². The zero-order chi connectivity index (χ0) is 20.4. The Hall–Kier alpha value is -3.41. The Morgan fingerprint density at radius 1 is 1.31 bits per heavy atom. The molecule has 1 N–H and O–H groups in total. The molecule has 0 spiro atoms. The number of nitrogens with zero attached hydrogens (tertiary/aromatic N) is 3. The lowest BCUT2D eigenvalue weighted by Gasteiger charge is -2.17. The molecule has 2 aromatic heterocycles. The molecule has 3 heterocycles. The number of hydrogen-bond donors (Lipinski definition) is 1. The van der Waals surface area contributed by atoms with Gasteiger partial charge in [-0.2, -0.15) is 0 Å². The molecule has 6 nitrogen and oxygen atoms in total. The van der Waals surface area contributed by atoms with Crippen LogP contribution in [0.4, 0.5) is 5.82 Å². The molecule has 1 aliphatic rings. The highest BCUT2D eigenvalue weighted by molar-refractivity contribution is 5.94. The van der Waals surface area contributed by atoms with Crippen LogP contribution in [0.5, 0.6) is 0 Å². The van der Waals surface area contributed by atoms with Crippen LogP contribution in [0, 0.1) is 0 Å². The fraction of sp³-hybridized carbons (Fsp3) is 0.261. The van der Waals surface area contributed by atoms with Crippen LogP contribution in [0.1, 0.15) is 30.0 Å². The Bertz CT molecular complexity index is 1110. The first-order valence-electron chi connectivity index (χ1n) is 9.84. The number of hydrogen-bond acceptors (Lipinski definition) is 3. The predicted octanol–water partition coefficient (Wildman–Crippen LogP) is 3.61. The Kier molecular flexibility index (Phi) is 5.16. The van der Waals surface area contributed by atoms with Gasteiger partial charge in [0.05, 0.1) is 0 Å². The smallest absolute Gasteiger partial charge is 0.246 e. The van der Waals surface area contributed by atoms with Gasteiger partial charge in [-0.15, -0.1) is 0 Å². The van der Waals surface area contributed by atoms with Gasteiger partial charge in [0.25, 0.3) is 0 Å². The highest BCUT2D eigenvalue weighted by Gasteiger charge is 2.16. The summed E-state index contributed by atoms with van der Waals surface area (Å²) in [5, 5.41) is 3.95. The van der Waals surface area contributed by atoms with E-state index in [0.717, 1.165) is 23.2 Å². The van der Waals surface area contributed by atoms with Crippen LogP contribution in [0.2, 0.25) is 0 Å². The van der Waals surface area contributed by atoms with E-state index in [1.54, 1.807) is 23.2 Å². The Morgan fingerprint density at radius 3 is 3.00 bits per heavy atom. The number of aromatic nitrogens is 2. The average Bonchev–Trinajstić information content (AvgIpc) is 3.16. The van der Waals surface area contributed by atoms with E-state index in [9.17, 15) is 9.59 Å². The third kappa shape index (κ3) is 3.92. The van der Waals surface area contributed by atoms with E-state index in [1.165, 1.54) is 10.9 Å². The maximum atomic E-state index is 12.6. The Morgan fingerprint density at radius 2 is 2.17 bits per heavy atom. The molecular formula is C23H24N4O2. The van der Waals surface area contributed by atoms with Crippen molar-refractivity contribution in [2.24, 2.45) is 0 Å². The summed E-state index contributed by atoms with van der Waals surface area (Å²) < 4.78 is 2.20. The van der Waals surface area contributed by atoms with Gasteiger partial charge in [-0.25, -0.2) is 4.98 Å². The summed E-state index contributed by atoms with van der Waals surface area (Å²) in [4.78, 5) is 30.0. The summed E-state index contributed by atoms with van der Waals surface area (Å²) in [7, 11) is 1.81. The first-order valence-corrected chi connectivity index (χ1v) is 9.84. The van der Waals surface area contributed by atoms with Crippen molar-refractivity contribution in [2.45, 2.75) is 32.9 Å². The maximum Gasteiger partial charge on any atom is 0.246 e. The van der Waals surface area contributed by atoms with Crippen molar-refractivity contribution >= 4 is 34.6 Å². The molecule has 148 valence electrons. The van der Waals surface area contributed by atoms with Crippen molar-refractivity contribution in [2.75, 3.05) is 12.4 Å². The Labute approximate surface area is 169 Å². The van der Waals surface area contributed by atoms with Crippen molar-refractivity contribution in [3.63, 3.8) is 0 Å². The minimum Gasteiger partial charge on any atom is -0.348 e. The van der Waals surface area contributed by atoms with Crippen molar-refractivity contribution < 1.29 is 9.59 Å². The lowest BCUT2D eigenvalue weighted by molar-refractivity contribution is -0.125. The van der Waals surface area contributed by atoms with Crippen LogP contribution in [-0.4, -0.2) is 33.3 Å². The SMILES string of the molecule is CCn1ccc2c(CN(C)C(=O)/C=C/c3cnc4c(c3)CCC(=O)N4)cccc21. The molecule has 6 heteroatoms. The monoisotopic (exact) mass is 388 g/mol. The summed E-state index contributed by atoms with van der Waals surface area (Å²) in [5.74, 6) is 0.548. The number of anilines is 1. The molecule has 0 radical (unpaired) electrons. The zero-order valence-electron chi connectivity index (χ0n) is 16.7. The molecule has 4 rings (SSSR count). The second-order valence-electron chi connectivity index (χ2n) is 7.30. The third-order valence-electron chi connectivity index (χ3n) is 5.31. The minimum atomic E-state index is -0.0667. The largest absolute Gasteiger partial charge is 0.348 e. The van der Waals surface area contributed by atoms with Gasteiger partial charge in [0, 0.05) is 55.9 Å². The van der Waals surface area contributed by atoms with Crippen molar-refractivity contribution in [3.8, 4) is 0 Å². The molecule has 1 aromatic carbocycles. The summed E-state index contributed by atoms with van der Waals surface area (Å²) >= 11 is 0. The zero-order valence-corrected chi connectivity index (χ0v) is 16.7. The molecule has 0 atom stereocenters. The van der Waals surface area contributed by atoms with Crippen LogP contribution < -0.4 is 5.32 Å². The standard InChI is InChI=1S/C23H24N4O2/c1-3-27-12-11-19-18(5-4-6-20(19)27)15-26(2)22(29)10-7-16-13-17-8-9-21(28)25-23(17)24-14-16/h4-7,10-14H,3,8-9,15H2,1-2H3,(H,24,25,28)/b10-7+. The van der Waals surface area contributed by atoms with Crippen molar-refractivity contribution in [1.82, 2.24) is 14.5 Å². The molecule has 0 fully saturated rings. The fourth-order valence-corrected chi connectivity index (χ4v) is 3.69. The lowest BCUT2D eigenvalue weighted by Crippen LogP contribution is -2.24. The first kappa shape index (κ1) is 18.9. The summed E-state index contributed by atoms with van der Waals surface area (Å²) in [6.45, 7) is 3.59. The van der Waals surface area contributed by atoms with E-state index in [1.807, 2.05) is 19.2 Å². The van der Waals surface area contributed by atoms with E-state index in [0.29, 0.717) is 25.2 Å². The molecule has 3 aromatic rings. The number of amides is 2. The highest BCUT2D eigenvalue weighted by Crippen LogP contribution is 2.23. The van der Waals surface area contributed by atoms with Crippen LogP contribution in [0.15, 0.2) is 48.8 Å². The number of carbonyl (C=O) groups is 2. The summed E-state index contributed by atoms with van der Waals surface area (Å²) in [5.41, 5.74) is 4.17. The normalized spacial score (nSPS) is 13.5. The van der Waals surface area contributed by atoms with Gasteiger partial charge in [-0.1, -0.05) is 12.1 Å². The number of pyridine rings is 1. The number of carbonyl (C=O) groups excluding carboxylic acids is 2. The second-order valence-corrected chi connectivity index (χ2v) is 7.30. The molecule has 0 unspecified atom stereocenters. The second kappa shape index (κ2) is 7.91. The summed E-state index contributed by atoms with van der Waals surface area (Å²) in [6.07, 6.45) is 8.24. The van der Waals surface area contributed by atoms with Crippen LogP contribution in [0.25, 0.3) is 17.0 Å². The quantitative estimate of drug-likeness (QED) is 0.679. The average molecular weight is 388 g/mol. The van der Waals surface area contributed by atoms with Crippen LogP contribution in [-0.2, 0) is 29.1 Å². The fourth-order valence-electron chi connectivity index (χ4n) is 3.69. The predicted molar refractivity (Wildman–Crippen MR) is 114 cm³/mol. The number of rotatable bonds is 5. The molecule has 0 bridgehead atoms. The van der Waals surface area contributed by atoms with E-state index in [2.05, 4.69) is 46.2 Å². The highest BCUT2D eigenvalue weighted by atomic mass is 16.2. The number of fused-ring (bicyclic) bond motifs is 2. The first-order chi connectivity index (χ1) is 14.0. The van der Waals surface area contributed by atoms with Gasteiger partial charge in [-0.3, -0.25) is 9.59 Å². The maximum absolute atomic E-state index is 12.6. The van der Waals surface area contributed by atoms with Crippen LogP contribution >= 0.6 is 0 Å². The molecule has 0 saturated carbocycles. The number of nitrogens with one attached hydrogen (secondary N) is 1. The van der Waals surface area contributed by atoms with Gasteiger partial charge in [0.2, 0.25) is 11.8 Å². The molecule has 0 saturated heterocycles. The van der Waals surface area contributed by atoms with Gasteiger partial charge >= 0.3 is 0 Å². The topological polar surface area (TPSA) is 67.2 Å².